The Bertz CT molecular complexity index is 552. The molecule has 25 heavy (non-hydrogen) atoms. The predicted molar refractivity (Wildman–Crippen MR) is 108 cm³/mol. The lowest BCUT2D eigenvalue weighted by atomic mass is 9.67. The quantitative estimate of drug-likeness (QED) is 0.549. The first-order valence-electron chi connectivity index (χ1n) is 9.96. The number of aromatic nitrogens is 1. The van der Waals surface area contributed by atoms with Crippen LogP contribution < -0.4 is 15.5 Å². The highest BCUT2D eigenvalue weighted by atomic mass is 32.1. The number of hydrogen-bond donors (Lipinski definition) is 2. The van der Waals surface area contributed by atoms with Gasteiger partial charge in [-0.1, -0.05) is 13.3 Å². The molecule has 2 fully saturated rings. The minimum absolute atomic E-state index is 0.474. The first-order chi connectivity index (χ1) is 12.2. The average molecular weight is 364 g/mol. The summed E-state index contributed by atoms with van der Waals surface area (Å²) < 4.78 is 0. The molecule has 6 heteroatoms. The van der Waals surface area contributed by atoms with E-state index in [1.54, 1.807) is 11.3 Å². The predicted octanol–water partition coefficient (Wildman–Crippen LogP) is 3.42. The summed E-state index contributed by atoms with van der Waals surface area (Å²) in [6.07, 6.45) is 8.85. The zero-order valence-corrected chi connectivity index (χ0v) is 16.6. The molecule has 3 rings (SSSR count). The molecular formula is C19H33N5S. The Kier molecular flexibility index (Phi) is 6.57. The molecule has 1 aromatic heterocycles. The molecule has 0 aromatic carbocycles. The standard InChI is InChI=1S/C19H33N5S/c1-3-19(9-7-10-19)15-22-17(20-4-2)21-11-8-16-14-25-18(23-16)24-12-5-6-13-24/h14H,3-13,15H2,1-2H3,(H2,20,21,22). The molecule has 0 bridgehead atoms. The van der Waals surface area contributed by atoms with Gasteiger partial charge in [0.25, 0.3) is 0 Å². The maximum absolute atomic E-state index is 4.85. The molecule has 2 N–H and O–H groups in total. The number of nitrogens with one attached hydrogen (secondary N) is 2. The van der Waals surface area contributed by atoms with E-state index in [9.17, 15) is 0 Å². The molecule has 1 aliphatic carbocycles. The summed E-state index contributed by atoms with van der Waals surface area (Å²) in [5, 5.41) is 10.3. The summed E-state index contributed by atoms with van der Waals surface area (Å²) in [5.41, 5.74) is 1.67. The van der Waals surface area contributed by atoms with Crippen LogP contribution in [-0.2, 0) is 6.42 Å². The lowest BCUT2D eigenvalue weighted by Crippen LogP contribution is -2.40. The fourth-order valence-electron chi connectivity index (χ4n) is 3.66. The lowest BCUT2D eigenvalue weighted by molar-refractivity contribution is 0.139. The SMILES string of the molecule is CCNC(=NCC1(CC)CCC1)NCCc1csc(N2CCCC2)n1. The molecule has 0 unspecified atom stereocenters. The summed E-state index contributed by atoms with van der Waals surface area (Å²) in [4.78, 5) is 12.1. The minimum Gasteiger partial charge on any atom is -0.357 e. The van der Waals surface area contributed by atoms with Crippen molar-refractivity contribution in [2.45, 2.75) is 58.8 Å². The van der Waals surface area contributed by atoms with Crippen LogP contribution in [0, 0.1) is 5.41 Å². The van der Waals surface area contributed by atoms with Crippen LogP contribution in [0.25, 0.3) is 0 Å². The first kappa shape index (κ1) is 18.5. The van der Waals surface area contributed by atoms with Crippen LogP contribution in [0.3, 0.4) is 0 Å². The normalized spacial score (nSPS) is 19.8. The van der Waals surface area contributed by atoms with Gasteiger partial charge >= 0.3 is 0 Å². The molecule has 1 aromatic rings. The van der Waals surface area contributed by atoms with E-state index in [-0.39, 0.29) is 0 Å². The molecular weight excluding hydrogens is 330 g/mol. The van der Waals surface area contributed by atoms with E-state index >= 15 is 0 Å². The Morgan fingerprint density at radius 3 is 2.68 bits per heavy atom. The van der Waals surface area contributed by atoms with Crippen LogP contribution in [-0.4, -0.2) is 43.7 Å². The third-order valence-electron chi connectivity index (χ3n) is 5.67. The molecule has 2 heterocycles. The number of nitrogens with zero attached hydrogens (tertiary/aromatic N) is 3. The van der Waals surface area contributed by atoms with Gasteiger partial charge in [0.2, 0.25) is 0 Å². The van der Waals surface area contributed by atoms with Crippen molar-refractivity contribution in [2.24, 2.45) is 10.4 Å². The Hall–Kier alpha value is -1.30. The topological polar surface area (TPSA) is 52.6 Å². The summed E-state index contributed by atoms with van der Waals surface area (Å²) in [7, 11) is 0. The van der Waals surface area contributed by atoms with E-state index in [4.69, 9.17) is 9.98 Å². The van der Waals surface area contributed by atoms with Crippen molar-refractivity contribution in [2.75, 3.05) is 37.6 Å². The number of rotatable bonds is 8. The van der Waals surface area contributed by atoms with Crippen molar-refractivity contribution in [1.29, 1.82) is 0 Å². The fraction of sp³-hybridized carbons (Fsp3) is 0.789. The van der Waals surface area contributed by atoms with Gasteiger partial charge < -0.3 is 15.5 Å². The second-order valence-electron chi connectivity index (χ2n) is 7.39. The summed E-state index contributed by atoms with van der Waals surface area (Å²) in [6, 6.07) is 0. The van der Waals surface area contributed by atoms with Gasteiger partial charge in [-0.05, 0) is 44.4 Å². The van der Waals surface area contributed by atoms with Gasteiger partial charge in [0.05, 0.1) is 5.69 Å². The maximum atomic E-state index is 4.85. The van der Waals surface area contributed by atoms with E-state index in [1.807, 2.05) is 0 Å². The third-order valence-corrected chi connectivity index (χ3v) is 6.62. The van der Waals surface area contributed by atoms with Crippen molar-refractivity contribution >= 4 is 22.4 Å². The zero-order chi connectivity index (χ0) is 17.5. The zero-order valence-electron chi connectivity index (χ0n) is 15.8. The average Bonchev–Trinajstić information content (AvgIpc) is 3.25. The van der Waals surface area contributed by atoms with Crippen LogP contribution in [0.4, 0.5) is 5.13 Å². The second-order valence-corrected chi connectivity index (χ2v) is 8.23. The Morgan fingerprint density at radius 1 is 1.24 bits per heavy atom. The highest BCUT2D eigenvalue weighted by molar-refractivity contribution is 7.13. The first-order valence-corrected chi connectivity index (χ1v) is 10.8. The number of hydrogen-bond acceptors (Lipinski definition) is 4. The number of aliphatic imine (C=N–C) groups is 1. The van der Waals surface area contributed by atoms with Gasteiger partial charge in [0.1, 0.15) is 0 Å². The number of guanidine groups is 1. The smallest absolute Gasteiger partial charge is 0.191 e. The maximum Gasteiger partial charge on any atom is 0.191 e. The van der Waals surface area contributed by atoms with Crippen molar-refractivity contribution < 1.29 is 0 Å². The summed E-state index contributed by atoms with van der Waals surface area (Å²) in [6.45, 7) is 9.50. The van der Waals surface area contributed by atoms with E-state index < -0.39 is 0 Å². The lowest BCUT2D eigenvalue weighted by Gasteiger charge is -2.40. The monoisotopic (exact) mass is 363 g/mol. The highest BCUT2D eigenvalue weighted by Gasteiger charge is 2.34. The van der Waals surface area contributed by atoms with Crippen molar-refractivity contribution in [3.63, 3.8) is 0 Å². The molecule has 2 aliphatic rings. The van der Waals surface area contributed by atoms with Gasteiger partial charge in [-0.25, -0.2) is 4.98 Å². The molecule has 1 aliphatic heterocycles. The van der Waals surface area contributed by atoms with E-state index in [1.165, 1.54) is 62.4 Å². The second kappa shape index (κ2) is 8.88. The Morgan fingerprint density at radius 2 is 2.04 bits per heavy atom. The molecule has 1 saturated heterocycles. The van der Waals surface area contributed by atoms with Crippen LogP contribution in [0.2, 0.25) is 0 Å². The third kappa shape index (κ3) is 4.87. The Labute approximate surface area is 156 Å². The number of anilines is 1. The van der Waals surface area contributed by atoms with Crippen LogP contribution >= 0.6 is 11.3 Å². The molecule has 5 nitrogen and oxygen atoms in total. The van der Waals surface area contributed by atoms with E-state index in [2.05, 4.69) is 34.8 Å². The van der Waals surface area contributed by atoms with Crippen LogP contribution in [0.15, 0.2) is 10.4 Å². The van der Waals surface area contributed by atoms with Gasteiger partial charge in [-0.2, -0.15) is 0 Å². The minimum atomic E-state index is 0.474. The molecule has 140 valence electrons. The largest absolute Gasteiger partial charge is 0.357 e. The molecule has 1 saturated carbocycles. The molecule has 0 spiro atoms. The van der Waals surface area contributed by atoms with Crippen LogP contribution in [0.5, 0.6) is 0 Å². The Balaban J connectivity index is 1.46. The van der Waals surface area contributed by atoms with Gasteiger partial charge in [-0.3, -0.25) is 4.99 Å². The van der Waals surface area contributed by atoms with Crippen molar-refractivity contribution in [3.05, 3.63) is 11.1 Å². The van der Waals surface area contributed by atoms with Crippen molar-refractivity contribution in [1.82, 2.24) is 15.6 Å². The van der Waals surface area contributed by atoms with Gasteiger partial charge in [0, 0.05) is 44.5 Å². The summed E-state index contributed by atoms with van der Waals surface area (Å²) >= 11 is 1.78. The highest BCUT2D eigenvalue weighted by Crippen LogP contribution is 2.43. The fourth-order valence-corrected chi connectivity index (χ4v) is 4.58. The summed E-state index contributed by atoms with van der Waals surface area (Å²) in [5.74, 6) is 0.956. The van der Waals surface area contributed by atoms with Crippen molar-refractivity contribution in [3.8, 4) is 0 Å². The van der Waals surface area contributed by atoms with Crippen LogP contribution in [0.1, 0.15) is 58.1 Å². The van der Waals surface area contributed by atoms with E-state index in [0.717, 1.165) is 32.0 Å². The van der Waals surface area contributed by atoms with Gasteiger partial charge in [0.15, 0.2) is 11.1 Å². The molecule has 0 amide bonds. The number of thiazole rings is 1. The molecule has 0 atom stereocenters. The molecule has 0 radical (unpaired) electrons. The van der Waals surface area contributed by atoms with Gasteiger partial charge in [-0.15, -0.1) is 11.3 Å². The van der Waals surface area contributed by atoms with E-state index in [0.29, 0.717) is 5.41 Å².